The summed E-state index contributed by atoms with van der Waals surface area (Å²) in [5, 5.41) is 2.91. The van der Waals surface area contributed by atoms with Crippen molar-refractivity contribution < 1.29 is 8.78 Å². The van der Waals surface area contributed by atoms with Crippen molar-refractivity contribution in [1.29, 1.82) is 0 Å². The van der Waals surface area contributed by atoms with Gasteiger partial charge in [0, 0.05) is 56.6 Å². The molecular formula is C16H19F2N5S. The fourth-order valence-electron chi connectivity index (χ4n) is 3.79. The second-order valence-electron chi connectivity index (χ2n) is 6.61. The van der Waals surface area contributed by atoms with Crippen LogP contribution in [0.15, 0.2) is 30.2 Å². The van der Waals surface area contributed by atoms with E-state index in [2.05, 4.69) is 19.9 Å². The Hall–Kier alpha value is -1.67. The van der Waals surface area contributed by atoms with E-state index in [1.165, 1.54) is 0 Å². The molecule has 0 N–H and O–H groups in total. The summed E-state index contributed by atoms with van der Waals surface area (Å²) in [6.45, 7) is 2.39. The lowest BCUT2D eigenvalue weighted by Gasteiger charge is -2.45. The lowest BCUT2D eigenvalue weighted by atomic mass is 9.75. The van der Waals surface area contributed by atoms with E-state index in [0.29, 0.717) is 45.0 Å². The molecule has 2 fully saturated rings. The predicted molar refractivity (Wildman–Crippen MR) is 88.3 cm³/mol. The van der Waals surface area contributed by atoms with Crippen LogP contribution in [0.25, 0.3) is 0 Å². The average Bonchev–Trinajstić information content (AvgIpc) is 3.23. The Labute approximate surface area is 143 Å². The fourth-order valence-corrected chi connectivity index (χ4v) is 4.45. The molecule has 2 aromatic rings. The van der Waals surface area contributed by atoms with Crippen LogP contribution >= 0.6 is 11.3 Å². The molecule has 1 atom stereocenters. The molecule has 0 amide bonds. The van der Waals surface area contributed by atoms with Crippen LogP contribution in [0.3, 0.4) is 0 Å². The van der Waals surface area contributed by atoms with Gasteiger partial charge in [-0.2, -0.15) is 0 Å². The van der Waals surface area contributed by atoms with E-state index in [1.807, 2.05) is 10.3 Å². The lowest BCUT2D eigenvalue weighted by molar-refractivity contribution is -0.158. The van der Waals surface area contributed by atoms with Crippen molar-refractivity contribution in [2.24, 2.45) is 5.41 Å². The lowest BCUT2D eigenvalue weighted by Crippen LogP contribution is -2.56. The highest BCUT2D eigenvalue weighted by atomic mass is 32.1. The Morgan fingerprint density at radius 2 is 2.00 bits per heavy atom. The highest BCUT2D eigenvalue weighted by Gasteiger charge is 2.59. The van der Waals surface area contributed by atoms with Gasteiger partial charge in [0.1, 0.15) is 10.8 Å². The van der Waals surface area contributed by atoms with Gasteiger partial charge in [-0.15, -0.1) is 11.3 Å². The molecule has 128 valence electrons. The molecule has 0 unspecified atom stereocenters. The quantitative estimate of drug-likeness (QED) is 0.851. The van der Waals surface area contributed by atoms with Gasteiger partial charge >= 0.3 is 0 Å². The molecule has 0 radical (unpaired) electrons. The van der Waals surface area contributed by atoms with Crippen LogP contribution in [0.1, 0.15) is 17.8 Å². The molecule has 4 heterocycles. The van der Waals surface area contributed by atoms with Crippen molar-refractivity contribution in [2.45, 2.75) is 25.3 Å². The molecule has 1 spiro atoms. The highest BCUT2D eigenvalue weighted by Crippen LogP contribution is 2.50. The van der Waals surface area contributed by atoms with Gasteiger partial charge in [-0.1, -0.05) is 0 Å². The predicted octanol–water partition coefficient (Wildman–Crippen LogP) is 2.67. The summed E-state index contributed by atoms with van der Waals surface area (Å²) in [7, 11) is 0. The highest BCUT2D eigenvalue weighted by molar-refractivity contribution is 7.09. The van der Waals surface area contributed by atoms with Crippen LogP contribution in [0.5, 0.6) is 0 Å². The molecule has 2 aromatic heterocycles. The summed E-state index contributed by atoms with van der Waals surface area (Å²) in [6.07, 6.45) is 7.00. The molecule has 0 saturated carbocycles. The molecule has 5 nitrogen and oxygen atoms in total. The van der Waals surface area contributed by atoms with E-state index in [1.54, 1.807) is 36.1 Å². The number of hydrogen-bond donors (Lipinski definition) is 0. The zero-order chi connectivity index (χ0) is 16.6. The molecule has 2 aliphatic heterocycles. The third-order valence-electron chi connectivity index (χ3n) is 5.11. The van der Waals surface area contributed by atoms with Crippen LogP contribution in [0, 0.1) is 5.41 Å². The molecule has 4 rings (SSSR count). The monoisotopic (exact) mass is 351 g/mol. The first kappa shape index (κ1) is 15.8. The Balaban J connectivity index is 1.53. The van der Waals surface area contributed by atoms with Crippen LogP contribution in [-0.4, -0.2) is 52.0 Å². The van der Waals surface area contributed by atoms with Crippen LogP contribution in [-0.2, 0) is 6.54 Å². The van der Waals surface area contributed by atoms with E-state index in [9.17, 15) is 8.78 Å². The summed E-state index contributed by atoms with van der Waals surface area (Å²) in [5.74, 6) is -1.97. The Kier molecular flexibility index (Phi) is 3.96. The molecule has 2 aliphatic rings. The van der Waals surface area contributed by atoms with E-state index < -0.39 is 11.3 Å². The molecular weight excluding hydrogens is 332 g/mol. The summed E-state index contributed by atoms with van der Waals surface area (Å²) < 4.78 is 29.6. The van der Waals surface area contributed by atoms with Crippen molar-refractivity contribution >= 4 is 17.2 Å². The Bertz CT molecular complexity index is 681. The van der Waals surface area contributed by atoms with Crippen LogP contribution in [0.4, 0.5) is 14.6 Å². The number of alkyl halides is 2. The minimum Gasteiger partial charge on any atom is -0.354 e. The first-order valence-corrected chi connectivity index (χ1v) is 8.96. The van der Waals surface area contributed by atoms with E-state index in [0.717, 1.165) is 5.01 Å². The van der Waals surface area contributed by atoms with E-state index >= 15 is 0 Å². The first-order valence-electron chi connectivity index (χ1n) is 8.08. The normalized spacial score (nSPS) is 27.0. The minimum absolute atomic E-state index is 0.0906. The zero-order valence-corrected chi connectivity index (χ0v) is 14.1. The van der Waals surface area contributed by atoms with Crippen molar-refractivity contribution in [3.8, 4) is 0 Å². The SMILES string of the molecule is FC1(F)CCN(Cc2nccs2)C[C@]12CCN(c1cnccn1)C2. The summed E-state index contributed by atoms with van der Waals surface area (Å²) in [6, 6.07) is 0. The average molecular weight is 351 g/mol. The van der Waals surface area contributed by atoms with Crippen molar-refractivity contribution in [3.63, 3.8) is 0 Å². The van der Waals surface area contributed by atoms with Gasteiger partial charge in [0.25, 0.3) is 5.92 Å². The molecule has 2 saturated heterocycles. The van der Waals surface area contributed by atoms with Gasteiger partial charge in [0.15, 0.2) is 0 Å². The number of aromatic nitrogens is 3. The second kappa shape index (κ2) is 6.00. The number of likely N-dealkylation sites (tertiary alicyclic amines) is 1. The summed E-state index contributed by atoms with van der Waals surface area (Å²) in [4.78, 5) is 16.7. The van der Waals surface area contributed by atoms with Crippen LogP contribution < -0.4 is 4.90 Å². The molecule has 0 aromatic carbocycles. The number of thiazole rings is 1. The molecule has 8 heteroatoms. The van der Waals surface area contributed by atoms with Crippen molar-refractivity contribution in [3.05, 3.63) is 35.2 Å². The van der Waals surface area contributed by atoms with E-state index in [4.69, 9.17) is 0 Å². The maximum Gasteiger partial charge on any atom is 0.257 e. The van der Waals surface area contributed by atoms with Gasteiger partial charge in [0.05, 0.1) is 18.2 Å². The molecule has 0 aliphatic carbocycles. The first-order chi connectivity index (χ1) is 11.6. The standard InChI is InChI=1S/C16H19F2N5S/c17-16(18)2-6-22(10-14-21-5-8-24-14)11-15(16)1-7-23(12-15)13-9-19-3-4-20-13/h3-5,8-9H,1-2,6-7,10-12H2/t15-/m0/s1. The third-order valence-corrected chi connectivity index (χ3v) is 5.88. The smallest absolute Gasteiger partial charge is 0.257 e. The number of rotatable bonds is 3. The number of hydrogen-bond acceptors (Lipinski definition) is 6. The van der Waals surface area contributed by atoms with Crippen LogP contribution in [0.2, 0.25) is 0 Å². The number of piperidine rings is 1. The van der Waals surface area contributed by atoms with Crippen molar-refractivity contribution in [1.82, 2.24) is 19.9 Å². The van der Waals surface area contributed by atoms with Gasteiger partial charge < -0.3 is 4.90 Å². The fraction of sp³-hybridized carbons (Fsp3) is 0.562. The topological polar surface area (TPSA) is 45.2 Å². The maximum absolute atomic E-state index is 14.8. The van der Waals surface area contributed by atoms with E-state index in [-0.39, 0.29) is 6.42 Å². The molecule has 0 bridgehead atoms. The van der Waals surface area contributed by atoms with Crippen molar-refractivity contribution in [2.75, 3.05) is 31.1 Å². The van der Waals surface area contributed by atoms with Gasteiger partial charge in [-0.3, -0.25) is 9.88 Å². The Morgan fingerprint density at radius 1 is 1.08 bits per heavy atom. The summed E-state index contributed by atoms with van der Waals surface area (Å²) in [5.41, 5.74) is -1.01. The largest absolute Gasteiger partial charge is 0.354 e. The number of anilines is 1. The van der Waals surface area contributed by atoms with Gasteiger partial charge in [0.2, 0.25) is 0 Å². The maximum atomic E-state index is 14.8. The number of nitrogens with zero attached hydrogens (tertiary/aromatic N) is 5. The third kappa shape index (κ3) is 2.77. The van der Waals surface area contributed by atoms with Gasteiger partial charge in [-0.05, 0) is 6.42 Å². The number of halogens is 2. The summed E-state index contributed by atoms with van der Waals surface area (Å²) >= 11 is 1.58. The molecule has 24 heavy (non-hydrogen) atoms. The Morgan fingerprint density at radius 3 is 2.75 bits per heavy atom. The second-order valence-corrected chi connectivity index (χ2v) is 7.59. The minimum atomic E-state index is -2.65. The zero-order valence-electron chi connectivity index (χ0n) is 13.2. The van der Waals surface area contributed by atoms with Gasteiger partial charge in [-0.25, -0.2) is 18.7 Å².